The lowest BCUT2D eigenvalue weighted by Gasteiger charge is -2.13. The standard InChI is InChI=1S/C21H24ClNO5/c1-5-8-27-17-7-6-15(11-18(17)26-4)21(25)28-12-19(24)23-20-14(3)9-13(2)10-16(20)22/h6-7,9-11H,5,8,12H2,1-4H3,(H,23,24). The van der Waals surface area contributed by atoms with E-state index in [1.54, 1.807) is 18.2 Å². The Balaban J connectivity index is 1.99. The second-order valence-corrected chi connectivity index (χ2v) is 6.68. The molecule has 0 radical (unpaired) electrons. The molecular weight excluding hydrogens is 382 g/mol. The summed E-state index contributed by atoms with van der Waals surface area (Å²) in [6.45, 7) is 5.86. The average molecular weight is 406 g/mol. The van der Waals surface area contributed by atoms with Crippen LogP contribution in [0.5, 0.6) is 11.5 Å². The summed E-state index contributed by atoms with van der Waals surface area (Å²) in [5.74, 6) is -0.142. The summed E-state index contributed by atoms with van der Waals surface area (Å²) in [5, 5.41) is 3.11. The van der Waals surface area contributed by atoms with Gasteiger partial charge in [0.15, 0.2) is 18.1 Å². The van der Waals surface area contributed by atoms with E-state index in [-0.39, 0.29) is 5.56 Å². The summed E-state index contributed by atoms with van der Waals surface area (Å²) < 4.78 is 15.9. The van der Waals surface area contributed by atoms with Crippen LogP contribution in [-0.2, 0) is 9.53 Å². The minimum absolute atomic E-state index is 0.262. The Labute approximate surface area is 169 Å². The van der Waals surface area contributed by atoms with Gasteiger partial charge in [0.1, 0.15) is 0 Å². The zero-order chi connectivity index (χ0) is 20.7. The van der Waals surface area contributed by atoms with Crippen molar-refractivity contribution in [2.45, 2.75) is 27.2 Å². The molecule has 0 aliphatic heterocycles. The quantitative estimate of drug-likeness (QED) is 0.652. The maximum Gasteiger partial charge on any atom is 0.338 e. The number of hydrogen-bond donors (Lipinski definition) is 1. The molecule has 0 aliphatic rings. The molecule has 0 unspecified atom stereocenters. The molecule has 0 fully saturated rings. The summed E-state index contributed by atoms with van der Waals surface area (Å²) in [6, 6.07) is 8.38. The fourth-order valence-electron chi connectivity index (χ4n) is 2.59. The van der Waals surface area contributed by atoms with E-state index in [0.29, 0.717) is 28.8 Å². The number of nitrogens with one attached hydrogen (secondary N) is 1. The van der Waals surface area contributed by atoms with Crippen molar-refractivity contribution in [3.05, 3.63) is 52.0 Å². The van der Waals surface area contributed by atoms with Gasteiger partial charge in [-0.05, 0) is 55.7 Å². The minimum atomic E-state index is -0.637. The molecule has 2 aromatic rings. The van der Waals surface area contributed by atoms with Crippen molar-refractivity contribution in [3.63, 3.8) is 0 Å². The van der Waals surface area contributed by atoms with Gasteiger partial charge in [-0.15, -0.1) is 0 Å². The number of hydrogen-bond acceptors (Lipinski definition) is 5. The number of methoxy groups -OCH3 is 1. The van der Waals surface area contributed by atoms with Crippen LogP contribution in [0.15, 0.2) is 30.3 Å². The number of carbonyl (C=O) groups excluding carboxylic acids is 2. The lowest BCUT2D eigenvalue weighted by molar-refractivity contribution is -0.119. The van der Waals surface area contributed by atoms with E-state index in [1.807, 2.05) is 26.8 Å². The van der Waals surface area contributed by atoms with Gasteiger partial charge >= 0.3 is 5.97 Å². The van der Waals surface area contributed by atoms with Crippen LogP contribution in [0.3, 0.4) is 0 Å². The van der Waals surface area contributed by atoms with E-state index in [4.69, 9.17) is 25.8 Å². The lowest BCUT2D eigenvalue weighted by atomic mass is 10.1. The number of rotatable bonds is 8. The predicted octanol–water partition coefficient (Wildman–Crippen LogP) is 4.55. The number of halogens is 1. The van der Waals surface area contributed by atoms with Crippen LogP contribution in [0.1, 0.15) is 34.8 Å². The highest BCUT2D eigenvalue weighted by Gasteiger charge is 2.15. The molecular formula is C21H24ClNO5. The van der Waals surface area contributed by atoms with E-state index in [9.17, 15) is 9.59 Å². The second-order valence-electron chi connectivity index (χ2n) is 6.28. The minimum Gasteiger partial charge on any atom is -0.493 e. The summed E-state index contributed by atoms with van der Waals surface area (Å²) in [4.78, 5) is 24.4. The highest BCUT2D eigenvalue weighted by Crippen LogP contribution is 2.29. The second kappa shape index (κ2) is 9.99. The first-order valence-corrected chi connectivity index (χ1v) is 9.28. The topological polar surface area (TPSA) is 73.9 Å². The molecule has 1 amide bonds. The van der Waals surface area contributed by atoms with Gasteiger partial charge in [0, 0.05) is 0 Å². The number of amides is 1. The van der Waals surface area contributed by atoms with Crippen molar-refractivity contribution in [2.24, 2.45) is 0 Å². The van der Waals surface area contributed by atoms with Crippen LogP contribution < -0.4 is 14.8 Å². The van der Waals surface area contributed by atoms with Crippen LogP contribution in [0.2, 0.25) is 5.02 Å². The van der Waals surface area contributed by atoms with Crippen molar-refractivity contribution in [1.82, 2.24) is 0 Å². The first kappa shape index (κ1) is 21.6. The molecule has 150 valence electrons. The van der Waals surface area contributed by atoms with Crippen molar-refractivity contribution in [2.75, 3.05) is 25.6 Å². The van der Waals surface area contributed by atoms with Crippen molar-refractivity contribution >= 4 is 29.2 Å². The number of anilines is 1. The Morgan fingerprint density at radius 3 is 2.50 bits per heavy atom. The molecule has 2 rings (SSSR count). The van der Waals surface area contributed by atoms with Gasteiger partial charge in [0.25, 0.3) is 5.91 Å². The zero-order valence-corrected chi connectivity index (χ0v) is 17.2. The Morgan fingerprint density at radius 1 is 1.11 bits per heavy atom. The summed E-state index contributed by atoms with van der Waals surface area (Å²) in [5.41, 5.74) is 2.59. The number of ether oxygens (including phenoxy) is 3. The molecule has 2 aromatic carbocycles. The molecule has 0 saturated heterocycles. The van der Waals surface area contributed by atoms with Crippen molar-refractivity contribution < 1.29 is 23.8 Å². The van der Waals surface area contributed by atoms with E-state index in [2.05, 4.69) is 5.32 Å². The molecule has 0 atom stereocenters. The average Bonchev–Trinajstić information content (AvgIpc) is 2.67. The van der Waals surface area contributed by atoms with Crippen molar-refractivity contribution in [1.29, 1.82) is 0 Å². The Bertz CT molecular complexity index is 843. The molecule has 0 saturated carbocycles. The van der Waals surface area contributed by atoms with E-state index in [0.717, 1.165) is 17.5 Å². The monoisotopic (exact) mass is 405 g/mol. The van der Waals surface area contributed by atoms with Gasteiger partial charge in [0.05, 0.1) is 30.0 Å². The lowest BCUT2D eigenvalue weighted by Crippen LogP contribution is -2.21. The fourth-order valence-corrected chi connectivity index (χ4v) is 2.96. The number of benzene rings is 2. The van der Waals surface area contributed by atoms with Crippen molar-refractivity contribution in [3.8, 4) is 11.5 Å². The molecule has 0 aromatic heterocycles. The van der Waals surface area contributed by atoms with Crippen LogP contribution >= 0.6 is 11.6 Å². The SMILES string of the molecule is CCCOc1ccc(C(=O)OCC(=O)Nc2c(C)cc(C)cc2Cl)cc1OC. The highest BCUT2D eigenvalue weighted by molar-refractivity contribution is 6.34. The summed E-state index contributed by atoms with van der Waals surface area (Å²) in [7, 11) is 1.49. The van der Waals surface area contributed by atoms with Gasteiger partial charge in [-0.2, -0.15) is 0 Å². The van der Waals surface area contributed by atoms with Crippen LogP contribution in [0.25, 0.3) is 0 Å². The molecule has 0 heterocycles. The molecule has 28 heavy (non-hydrogen) atoms. The first-order chi connectivity index (χ1) is 13.3. The zero-order valence-electron chi connectivity index (χ0n) is 16.4. The Hall–Kier alpha value is -2.73. The molecule has 6 nitrogen and oxygen atoms in total. The third kappa shape index (κ3) is 5.63. The first-order valence-electron chi connectivity index (χ1n) is 8.90. The Kier molecular flexibility index (Phi) is 7.70. The van der Waals surface area contributed by atoms with Crippen LogP contribution in [0.4, 0.5) is 5.69 Å². The van der Waals surface area contributed by atoms with E-state index in [1.165, 1.54) is 13.2 Å². The van der Waals surface area contributed by atoms with Gasteiger partial charge < -0.3 is 19.5 Å². The normalized spacial score (nSPS) is 10.3. The third-order valence-electron chi connectivity index (χ3n) is 3.89. The molecule has 0 bridgehead atoms. The largest absolute Gasteiger partial charge is 0.493 e. The fraction of sp³-hybridized carbons (Fsp3) is 0.333. The van der Waals surface area contributed by atoms with Gasteiger partial charge in [0.2, 0.25) is 0 Å². The highest BCUT2D eigenvalue weighted by atomic mass is 35.5. The third-order valence-corrected chi connectivity index (χ3v) is 4.19. The Morgan fingerprint density at radius 2 is 1.86 bits per heavy atom. The maximum atomic E-state index is 12.2. The summed E-state index contributed by atoms with van der Waals surface area (Å²) >= 11 is 6.17. The number of esters is 1. The molecule has 7 heteroatoms. The van der Waals surface area contributed by atoms with E-state index >= 15 is 0 Å². The number of carbonyl (C=O) groups is 2. The molecule has 0 aliphatic carbocycles. The van der Waals surface area contributed by atoms with Gasteiger partial charge in [-0.3, -0.25) is 4.79 Å². The molecule has 1 N–H and O–H groups in total. The maximum absolute atomic E-state index is 12.2. The van der Waals surface area contributed by atoms with Crippen LogP contribution in [-0.4, -0.2) is 32.2 Å². The summed E-state index contributed by atoms with van der Waals surface area (Å²) in [6.07, 6.45) is 0.854. The molecule has 0 spiro atoms. The van der Waals surface area contributed by atoms with Gasteiger partial charge in [-0.25, -0.2) is 4.79 Å². The van der Waals surface area contributed by atoms with Gasteiger partial charge in [-0.1, -0.05) is 24.6 Å². The van der Waals surface area contributed by atoms with Crippen LogP contribution in [0, 0.1) is 13.8 Å². The smallest absolute Gasteiger partial charge is 0.338 e. The van der Waals surface area contributed by atoms with E-state index < -0.39 is 18.5 Å². The number of aryl methyl sites for hydroxylation is 2. The predicted molar refractivity (Wildman–Crippen MR) is 109 cm³/mol.